The number of anilines is 2. The van der Waals surface area contributed by atoms with Crippen LogP contribution in [0.1, 0.15) is 13.3 Å². The summed E-state index contributed by atoms with van der Waals surface area (Å²) < 4.78 is 18.8. The maximum absolute atomic E-state index is 13.5. The number of hydrogen-bond acceptors (Lipinski definition) is 4. The van der Waals surface area contributed by atoms with Gasteiger partial charge in [-0.1, -0.05) is 0 Å². The smallest absolute Gasteiger partial charge is 0.225 e. The van der Waals surface area contributed by atoms with Crippen LogP contribution in [0.2, 0.25) is 0 Å². The van der Waals surface area contributed by atoms with Crippen LogP contribution in [0, 0.1) is 5.82 Å². The van der Waals surface area contributed by atoms with Crippen molar-refractivity contribution in [2.24, 2.45) is 0 Å². The van der Waals surface area contributed by atoms with Gasteiger partial charge in [-0.25, -0.2) is 4.39 Å². The van der Waals surface area contributed by atoms with Crippen molar-refractivity contribution in [3.8, 4) is 0 Å². The zero-order chi connectivity index (χ0) is 14.5. The largest absolute Gasteiger partial charge is 0.399 e. The van der Waals surface area contributed by atoms with Crippen molar-refractivity contribution in [2.75, 3.05) is 37.4 Å². The molecule has 0 saturated carbocycles. The number of morpholine rings is 1. The van der Waals surface area contributed by atoms with Crippen LogP contribution < -0.4 is 11.1 Å². The molecule has 0 aromatic heterocycles. The Balaban J connectivity index is 1.84. The van der Waals surface area contributed by atoms with Crippen molar-refractivity contribution in [2.45, 2.75) is 19.4 Å². The lowest BCUT2D eigenvalue weighted by molar-refractivity contribution is -0.117. The van der Waals surface area contributed by atoms with E-state index in [1.165, 1.54) is 18.2 Å². The second kappa shape index (κ2) is 6.67. The van der Waals surface area contributed by atoms with E-state index >= 15 is 0 Å². The first-order valence-electron chi connectivity index (χ1n) is 6.73. The van der Waals surface area contributed by atoms with Crippen molar-refractivity contribution in [3.63, 3.8) is 0 Å². The highest BCUT2D eigenvalue weighted by atomic mass is 19.1. The third-order valence-corrected chi connectivity index (χ3v) is 3.40. The highest BCUT2D eigenvalue weighted by Gasteiger charge is 2.19. The first-order valence-corrected chi connectivity index (χ1v) is 6.73. The Hall–Kier alpha value is -1.66. The molecule has 0 spiro atoms. The van der Waals surface area contributed by atoms with Crippen LogP contribution in [0.15, 0.2) is 18.2 Å². The predicted octanol–water partition coefficient (Wildman–Crippen LogP) is 1.46. The van der Waals surface area contributed by atoms with E-state index in [0.29, 0.717) is 37.9 Å². The van der Waals surface area contributed by atoms with Gasteiger partial charge in [0.1, 0.15) is 5.82 Å². The van der Waals surface area contributed by atoms with E-state index in [9.17, 15) is 9.18 Å². The van der Waals surface area contributed by atoms with Crippen molar-refractivity contribution in [1.29, 1.82) is 0 Å². The van der Waals surface area contributed by atoms with Gasteiger partial charge in [0.15, 0.2) is 0 Å². The molecule has 1 heterocycles. The molecule has 5 nitrogen and oxygen atoms in total. The fraction of sp³-hybridized carbons (Fsp3) is 0.500. The SMILES string of the molecule is CC1COCCN1CCC(=O)Nc1cc(N)ccc1F. The second-order valence-electron chi connectivity index (χ2n) is 5.00. The average Bonchev–Trinajstić information content (AvgIpc) is 2.42. The average molecular weight is 281 g/mol. The van der Waals surface area contributed by atoms with Gasteiger partial charge in [-0.05, 0) is 25.1 Å². The van der Waals surface area contributed by atoms with Gasteiger partial charge < -0.3 is 15.8 Å². The summed E-state index contributed by atoms with van der Waals surface area (Å²) >= 11 is 0. The van der Waals surface area contributed by atoms with E-state index < -0.39 is 5.82 Å². The molecule has 1 aromatic carbocycles. The van der Waals surface area contributed by atoms with Gasteiger partial charge in [-0.15, -0.1) is 0 Å². The lowest BCUT2D eigenvalue weighted by atomic mass is 10.2. The maximum atomic E-state index is 13.5. The molecule has 1 atom stereocenters. The number of nitrogen functional groups attached to an aromatic ring is 1. The number of hydrogen-bond donors (Lipinski definition) is 2. The Kier molecular flexibility index (Phi) is 4.92. The number of nitrogens with zero attached hydrogens (tertiary/aromatic N) is 1. The molecular formula is C14H20FN3O2. The molecule has 2 rings (SSSR count). The van der Waals surface area contributed by atoms with Crippen molar-refractivity contribution >= 4 is 17.3 Å². The zero-order valence-corrected chi connectivity index (χ0v) is 11.6. The van der Waals surface area contributed by atoms with Gasteiger partial charge >= 0.3 is 0 Å². The Morgan fingerprint density at radius 2 is 2.40 bits per heavy atom. The lowest BCUT2D eigenvalue weighted by Crippen LogP contribution is -2.44. The van der Waals surface area contributed by atoms with E-state index in [1.54, 1.807) is 0 Å². The monoisotopic (exact) mass is 281 g/mol. The number of benzene rings is 1. The van der Waals surface area contributed by atoms with Gasteiger partial charge in [0.25, 0.3) is 0 Å². The minimum atomic E-state index is -0.479. The molecule has 110 valence electrons. The Labute approximate surface area is 117 Å². The quantitative estimate of drug-likeness (QED) is 0.820. The third-order valence-electron chi connectivity index (χ3n) is 3.40. The molecule has 20 heavy (non-hydrogen) atoms. The molecule has 1 aliphatic heterocycles. The van der Waals surface area contributed by atoms with E-state index in [0.717, 1.165) is 6.54 Å². The fourth-order valence-electron chi connectivity index (χ4n) is 2.19. The van der Waals surface area contributed by atoms with Gasteiger partial charge in [0.05, 0.1) is 18.9 Å². The van der Waals surface area contributed by atoms with Crippen LogP contribution in [0.3, 0.4) is 0 Å². The van der Waals surface area contributed by atoms with Crippen LogP contribution in [0.25, 0.3) is 0 Å². The molecule has 0 aliphatic carbocycles. The number of carbonyl (C=O) groups excluding carboxylic acids is 1. The molecule has 0 bridgehead atoms. The highest BCUT2D eigenvalue weighted by molar-refractivity contribution is 5.91. The van der Waals surface area contributed by atoms with Gasteiger partial charge in [0, 0.05) is 31.2 Å². The second-order valence-corrected chi connectivity index (χ2v) is 5.00. The Bertz CT molecular complexity index is 481. The summed E-state index contributed by atoms with van der Waals surface area (Å²) in [7, 11) is 0. The summed E-state index contributed by atoms with van der Waals surface area (Å²) in [6, 6.07) is 4.43. The van der Waals surface area contributed by atoms with Crippen LogP contribution in [-0.2, 0) is 9.53 Å². The summed E-state index contributed by atoms with van der Waals surface area (Å²) in [5.41, 5.74) is 6.12. The number of carbonyl (C=O) groups is 1. The van der Waals surface area contributed by atoms with Crippen molar-refractivity contribution < 1.29 is 13.9 Å². The molecule has 0 radical (unpaired) electrons. The molecule has 1 saturated heterocycles. The van der Waals surface area contributed by atoms with E-state index in [1.807, 2.05) is 0 Å². The van der Waals surface area contributed by atoms with Crippen LogP contribution in [0.4, 0.5) is 15.8 Å². The van der Waals surface area contributed by atoms with Gasteiger partial charge in [-0.2, -0.15) is 0 Å². The number of nitrogens with two attached hydrogens (primary N) is 1. The molecular weight excluding hydrogens is 261 g/mol. The van der Waals surface area contributed by atoms with E-state index in [-0.39, 0.29) is 11.6 Å². The first-order chi connectivity index (χ1) is 9.56. The summed E-state index contributed by atoms with van der Waals surface area (Å²) in [4.78, 5) is 14.0. The van der Waals surface area contributed by atoms with E-state index in [4.69, 9.17) is 10.5 Å². The highest BCUT2D eigenvalue weighted by Crippen LogP contribution is 2.17. The number of nitrogens with one attached hydrogen (secondary N) is 1. The molecule has 1 amide bonds. The summed E-state index contributed by atoms with van der Waals surface area (Å²) in [5.74, 6) is -0.694. The summed E-state index contributed by atoms with van der Waals surface area (Å²) in [6.45, 7) is 4.90. The van der Waals surface area contributed by atoms with Crippen molar-refractivity contribution in [3.05, 3.63) is 24.0 Å². The molecule has 1 unspecified atom stereocenters. The number of halogens is 1. The minimum absolute atomic E-state index is 0.130. The van der Waals surface area contributed by atoms with Crippen LogP contribution in [-0.4, -0.2) is 43.2 Å². The van der Waals surface area contributed by atoms with Gasteiger partial charge in [0.2, 0.25) is 5.91 Å². The van der Waals surface area contributed by atoms with Crippen molar-refractivity contribution in [1.82, 2.24) is 4.90 Å². The normalized spacial score (nSPS) is 19.8. The topological polar surface area (TPSA) is 67.6 Å². The molecule has 1 aliphatic rings. The molecule has 1 aromatic rings. The zero-order valence-electron chi connectivity index (χ0n) is 11.6. The fourth-order valence-corrected chi connectivity index (χ4v) is 2.19. The van der Waals surface area contributed by atoms with Crippen LogP contribution >= 0.6 is 0 Å². The van der Waals surface area contributed by atoms with E-state index in [2.05, 4.69) is 17.1 Å². The number of amides is 1. The maximum Gasteiger partial charge on any atom is 0.225 e. The molecule has 1 fully saturated rings. The molecule has 6 heteroatoms. The number of rotatable bonds is 4. The Morgan fingerprint density at radius 3 is 3.15 bits per heavy atom. The summed E-state index contributed by atoms with van der Waals surface area (Å²) in [5, 5.41) is 2.55. The predicted molar refractivity (Wildman–Crippen MR) is 75.9 cm³/mol. The molecule has 3 N–H and O–H groups in total. The first kappa shape index (κ1) is 14.7. The third kappa shape index (κ3) is 3.91. The van der Waals surface area contributed by atoms with Crippen LogP contribution in [0.5, 0.6) is 0 Å². The standard InChI is InChI=1S/C14H20FN3O2/c1-10-9-20-7-6-18(10)5-4-14(19)17-13-8-11(16)2-3-12(13)15/h2-3,8,10H,4-7,9,16H2,1H3,(H,17,19). The Morgan fingerprint density at radius 1 is 1.60 bits per heavy atom. The lowest BCUT2D eigenvalue weighted by Gasteiger charge is -2.32. The summed E-state index contributed by atoms with van der Waals surface area (Å²) in [6.07, 6.45) is 0.318. The minimum Gasteiger partial charge on any atom is -0.399 e. The number of ether oxygens (including phenoxy) is 1. The van der Waals surface area contributed by atoms with Gasteiger partial charge in [-0.3, -0.25) is 9.69 Å².